The first-order chi connectivity index (χ1) is 25.6. The van der Waals surface area contributed by atoms with Crippen molar-refractivity contribution in [1.82, 2.24) is 10.1 Å². The number of nitrogens with zero attached hydrogens (tertiary/aromatic N) is 2. The van der Waals surface area contributed by atoms with E-state index in [4.69, 9.17) is 23.2 Å². The standard InChI is InChI=1S/C42H58N2O7SSi/c1-9-14-24-47-32-23-19-22-29-27(6)31-26-30-35(44(7)8)38-34(40(43-50-38)48-25-15-10-2)36(45)37(30)49-41(46)42(31,52-28-20-17-16-18-21-28)39(33(29)32)51-53(11-3,12-4)13-5/h16-23,27,30-31,35,37,39H,9-15,24-26H2,1-8H3/t27-,30-,31-,35-,37+,39+,42+/m0/s1. The monoisotopic (exact) mass is 762 g/mol. The molecule has 288 valence electrons. The average molecular weight is 763 g/mol. The highest BCUT2D eigenvalue weighted by Gasteiger charge is 2.66. The summed E-state index contributed by atoms with van der Waals surface area (Å²) in [4.78, 5) is 33.4. The molecular weight excluding hydrogens is 705 g/mol. The quantitative estimate of drug-likeness (QED) is 0.0797. The van der Waals surface area contributed by atoms with Gasteiger partial charge in [0.25, 0.3) is 5.88 Å². The molecule has 3 aromatic rings. The van der Waals surface area contributed by atoms with Crippen LogP contribution in [0, 0.1) is 11.8 Å². The number of rotatable bonds is 16. The molecule has 2 aliphatic carbocycles. The lowest BCUT2D eigenvalue weighted by atomic mass is 9.63. The fourth-order valence-electron chi connectivity index (χ4n) is 8.91. The van der Waals surface area contributed by atoms with Crippen molar-refractivity contribution < 1.29 is 32.7 Å². The molecule has 0 bridgehead atoms. The summed E-state index contributed by atoms with van der Waals surface area (Å²) in [5.74, 6) is -0.0663. The number of hydrogen-bond acceptors (Lipinski definition) is 10. The van der Waals surface area contributed by atoms with Gasteiger partial charge in [-0.05, 0) is 92.2 Å². The van der Waals surface area contributed by atoms with Crippen LogP contribution in [0.15, 0.2) is 57.9 Å². The number of hydrogen-bond donors (Lipinski definition) is 0. The molecule has 1 aromatic heterocycles. The lowest BCUT2D eigenvalue weighted by Crippen LogP contribution is -2.56. The van der Waals surface area contributed by atoms with Gasteiger partial charge in [-0.3, -0.25) is 14.5 Å². The molecule has 0 amide bonds. The molecule has 0 radical (unpaired) electrons. The second kappa shape index (κ2) is 16.7. The molecule has 1 aliphatic heterocycles. The van der Waals surface area contributed by atoms with Crippen molar-refractivity contribution in [2.24, 2.45) is 11.8 Å². The number of carbonyl (C=O) groups is 2. The van der Waals surface area contributed by atoms with Crippen molar-refractivity contribution in [2.75, 3.05) is 27.3 Å². The lowest BCUT2D eigenvalue weighted by molar-refractivity contribution is -0.155. The van der Waals surface area contributed by atoms with E-state index in [1.54, 1.807) is 11.8 Å². The zero-order chi connectivity index (χ0) is 37.9. The minimum Gasteiger partial charge on any atom is -0.493 e. The Labute approximate surface area is 321 Å². The average Bonchev–Trinajstić information content (AvgIpc) is 3.53. The van der Waals surface area contributed by atoms with Gasteiger partial charge < -0.3 is 23.2 Å². The van der Waals surface area contributed by atoms with Gasteiger partial charge in [0.1, 0.15) is 17.4 Å². The molecule has 53 heavy (non-hydrogen) atoms. The van der Waals surface area contributed by atoms with Gasteiger partial charge in [-0.2, -0.15) is 0 Å². The number of carbonyl (C=O) groups excluding carboxylic acids is 2. The molecule has 11 heteroatoms. The molecule has 0 saturated carbocycles. The maximum absolute atomic E-state index is 15.7. The second-order valence-electron chi connectivity index (χ2n) is 15.2. The molecule has 0 spiro atoms. The number of benzene rings is 2. The first kappa shape index (κ1) is 39.6. The van der Waals surface area contributed by atoms with Gasteiger partial charge in [0, 0.05) is 16.4 Å². The summed E-state index contributed by atoms with van der Waals surface area (Å²) in [5, 5.41) is 4.25. The van der Waals surface area contributed by atoms with Gasteiger partial charge in [-0.25, -0.2) is 0 Å². The Morgan fingerprint density at radius 3 is 2.25 bits per heavy atom. The van der Waals surface area contributed by atoms with Gasteiger partial charge >= 0.3 is 5.97 Å². The molecule has 3 aliphatic rings. The Kier molecular flexibility index (Phi) is 12.5. The van der Waals surface area contributed by atoms with Gasteiger partial charge in [-0.15, -0.1) is 11.8 Å². The largest absolute Gasteiger partial charge is 0.493 e. The molecule has 2 heterocycles. The highest BCUT2D eigenvalue weighted by atomic mass is 32.2. The molecule has 1 saturated heterocycles. The first-order valence-electron chi connectivity index (χ1n) is 19.8. The minimum absolute atomic E-state index is 0.0926. The van der Waals surface area contributed by atoms with Crippen molar-refractivity contribution in [1.29, 1.82) is 0 Å². The van der Waals surface area contributed by atoms with Crippen LogP contribution in [0.5, 0.6) is 11.6 Å². The van der Waals surface area contributed by atoms with Crippen LogP contribution >= 0.6 is 11.8 Å². The summed E-state index contributed by atoms with van der Waals surface area (Å²) in [6.07, 6.45) is 2.49. The molecule has 0 unspecified atom stereocenters. The second-order valence-corrected chi connectivity index (χ2v) is 21.3. The first-order valence-corrected chi connectivity index (χ1v) is 23.2. The number of thioether (sulfide) groups is 1. The Balaban J connectivity index is 1.59. The number of esters is 1. The van der Waals surface area contributed by atoms with E-state index in [-0.39, 0.29) is 35.1 Å². The van der Waals surface area contributed by atoms with Crippen LogP contribution in [0.3, 0.4) is 0 Å². The fraction of sp³-hybridized carbons (Fsp3) is 0.595. The molecule has 0 N–H and O–H groups in total. The maximum Gasteiger partial charge on any atom is 0.326 e. The minimum atomic E-state index is -2.38. The van der Waals surface area contributed by atoms with E-state index in [0.29, 0.717) is 25.4 Å². The summed E-state index contributed by atoms with van der Waals surface area (Å²) in [6.45, 7) is 14.1. The summed E-state index contributed by atoms with van der Waals surface area (Å²) >= 11 is 1.54. The van der Waals surface area contributed by atoms with Gasteiger partial charge in [0.2, 0.25) is 5.78 Å². The Morgan fingerprint density at radius 1 is 0.925 bits per heavy atom. The summed E-state index contributed by atoms with van der Waals surface area (Å²) in [7, 11) is 1.58. The molecule has 6 rings (SSSR count). The third-order valence-corrected chi connectivity index (χ3v) is 18.2. The Hall–Kier alpha value is -3.12. The zero-order valence-electron chi connectivity index (χ0n) is 32.8. The van der Waals surface area contributed by atoms with E-state index in [1.807, 2.05) is 38.4 Å². The van der Waals surface area contributed by atoms with E-state index >= 15 is 4.79 Å². The number of ketones is 1. The molecule has 7 atom stereocenters. The topological polar surface area (TPSA) is 100 Å². The molecular formula is C42H58N2O7SSi. The summed E-state index contributed by atoms with van der Waals surface area (Å²) in [5.41, 5.74) is 2.36. The number of ether oxygens (including phenoxy) is 3. The van der Waals surface area contributed by atoms with Gasteiger partial charge in [0.05, 0.1) is 19.3 Å². The van der Waals surface area contributed by atoms with Crippen LogP contribution in [-0.4, -0.2) is 68.3 Å². The number of fused-ring (bicyclic) bond motifs is 4. The van der Waals surface area contributed by atoms with Gasteiger partial charge in [0.15, 0.2) is 24.9 Å². The van der Waals surface area contributed by atoms with Crippen LogP contribution in [0.1, 0.15) is 119 Å². The molecule has 9 nitrogen and oxygen atoms in total. The summed E-state index contributed by atoms with van der Waals surface area (Å²) in [6, 6.07) is 18.8. The SMILES string of the molecule is CCCCOc1cccc2c1[C@@H](O[Si](CC)(CC)CC)[C@@]1(Sc3ccccc3)C(=O)O[C@H]3C(=O)c4c(OCCCC)noc4[C@@H](N(C)C)[C@@H]3C[C@H]1[C@H]2C. The highest BCUT2D eigenvalue weighted by molar-refractivity contribution is 8.01. The predicted molar refractivity (Wildman–Crippen MR) is 210 cm³/mol. The van der Waals surface area contributed by atoms with E-state index in [9.17, 15) is 4.79 Å². The van der Waals surface area contributed by atoms with Gasteiger partial charge in [-0.1, -0.05) is 84.7 Å². The highest BCUT2D eigenvalue weighted by Crippen LogP contribution is 2.64. The normalized spacial score (nSPS) is 26.6. The number of aromatic nitrogens is 1. The van der Waals surface area contributed by atoms with E-state index in [1.165, 1.54) is 0 Å². The Morgan fingerprint density at radius 2 is 1.60 bits per heavy atom. The third-order valence-electron chi connectivity index (χ3n) is 12.1. The van der Waals surface area contributed by atoms with E-state index < -0.39 is 37.2 Å². The van der Waals surface area contributed by atoms with Crippen molar-refractivity contribution in [2.45, 2.75) is 126 Å². The van der Waals surface area contributed by atoms with E-state index in [2.05, 4.69) is 75.9 Å². The lowest BCUT2D eigenvalue weighted by Gasteiger charge is -2.52. The van der Waals surface area contributed by atoms with Crippen molar-refractivity contribution in [3.63, 3.8) is 0 Å². The third kappa shape index (κ3) is 7.11. The predicted octanol–water partition coefficient (Wildman–Crippen LogP) is 9.79. The fourth-order valence-corrected chi connectivity index (χ4v) is 13.3. The van der Waals surface area contributed by atoms with Crippen LogP contribution in [0.4, 0.5) is 0 Å². The molecule has 1 fully saturated rings. The van der Waals surface area contributed by atoms with Crippen LogP contribution < -0.4 is 9.47 Å². The van der Waals surface area contributed by atoms with E-state index in [0.717, 1.165) is 65.6 Å². The number of Topliss-reactive ketones (excluding diaryl/α,β-unsaturated/α-hetero) is 1. The van der Waals surface area contributed by atoms with Crippen LogP contribution in [0.25, 0.3) is 0 Å². The number of unbranched alkanes of at least 4 members (excludes halogenated alkanes) is 2. The van der Waals surface area contributed by atoms with Crippen molar-refractivity contribution in [3.05, 3.63) is 71.0 Å². The smallest absolute Gasteiger partial charge is 0.326 e. The van der Waals surface area contributed by atoms with Crippen molar-refractivity contribution in [3.8, 4) is 11.6 Å². The zero-order valence-corrected chi connectivity index (χ0v) is 34.6. The van der Waals surface area contributed by atoms with Crippen molar-refractivity contribution >= 4 is 31.8 Å². The van der Waals surface area contributed by atoms with Crippen LogP contribution in [-0.2, 0) is 14.0 Å². The summed E-state index contributed by atoms with van der Waals surface area (Å²) < 4.78 is 31.8. The molecule has 2 aromatic carbocycles. The maximum atomic E-state index is 15.7. The Bertz CT molecular complexity index is 1720. The van der Waals surface area contributed by atoms with Crippen LogP contribution in [0.2, 0.25) is 18.1 Å².